The molecule has 0 saturated carbocycles. The Kier molecular flexibility index (Phi) is 4.07. The third kappa shape index (κ3) is 2.81. The first kappa shape index (κ1) is 17.1. The van der Waals surface area contributed by atoms with E-state index >= 15 is 0 Å². The van der Waals surface area contributed by atoms with Crippen molar-refractivity contribution in [2.45, 2.75) is 13.5 Å². The smallest absolute Gasteiger partial charge is 0.331 e. The predicted molar refractivity (Wildman–Crippen MR) is 102 cm³/mol. The summed E-state index contributed by atoms with van der Waals surface area (Å²) >= 11 is 0. The molecule has 0 aliphatic carbocycles. The number of anilines is 1. The summed E-state index contributed by atoms with van der Waals surface area (Å²) in [4.78, 5) is 39.7. The Bertz CT molecular complexity index is 1180. The number of nitrogens with zero attached hydrogens (tertiary/aromatic N) is 3. The molecule has 0 N–H and O–H groups in total. The number of carbonyl (C=O) groups is 1. The van der Waals surface area contributed by atoms with Crippen LogP contribution in [0.3, 0.4) is 0 Å². The number of hydrogen-bond acceptors (Lipinski definition) is 4. The minimum atomic E-state index is -0.509. The fourth-order valence-corrected chi connectivity index (χ4v) is 3.40. The van der Waals surface area contributed by atoms with E-state index in [0.717, 1.165) is 10.1 Å². The van der Waals surface area contributed by atoms with Crippen molar-refractivity contribution < 1.29 is 9.53 Å². The lowest BCUT2D eigenvalue weighted by molar-refractivity contribution is -0.119. The minimum absolute atomic E-state index is 0.152. The van der Waals surface area contributed by atoms with Gasteiger partial charge in [-0.3, -0.25) is 18.7 Å². The molecule has 4 rings (SSSR count). The number of carbonyl (C=O) groups excluding carboxylic acids is 1. The molecule has 1 aliphatic rings. The van der Waals surface area contributed by atoms with Crippen LogP contribution in [-0.4, -0.2) is 28.2 Å². The van der Waals surface area contributed by atoms with Gasteiger partial charge < -0.3 is 9.64 Å². The van der Waals surface area contributed by atoms with Crippen molar-refractivity contribution in [2.24, 2.45) is 7.05 Å². The second kappa shape index (κ2) is 6.42. The number of amides is 1. The van der Waals surface area contributed by atoms with Crippen molar-refractivity contribution in [1.82, 2.24) is 9.13 Å². The molecule has 0 bridgehead atoms. The van der Waals surface area contributed by atoms with E-state index in [1.165, 1.54) is 11.6 Å². The number of rotatable bonds is 2. The predicted octanol–water partition coefficient (Wildman–Crippen LogP) is 1.43. The summed E-state index contributed by atoms with van der Waals surface area (Å²) in [6, 6.07) is 12.5. The van der Waals surface area contributed by atoms with Gasteiger partial charge in [-0.15, -0.1) is 0 Å². The number of aryl methyl sites for hydroxylation is 1. The van der Waals surface area contributed by atoms with Crippen LogP contribution in [0.2, 0.25) is 0 Å². The highest BCUT2D eigenvalue weighted by Crippen LogP contribution is 2.32. The number of fused-ring (bicyclic) bond motifs is 2. The maximum absolute atomic E-state index is 13.1. The minimum Gasteiger partial charge on any atom is -0.490 e. The van der Waals surface area contributed by atoms with Gasteiger partial charge in [0.15, 0.2) is 0 Å². The van der Waals surface area contributed by atoms with Crippen LogP contribution in [0.5, 0.6) is 5.75 Å². The summed E-state index contributed by atoms with van der Waals surface area (Å²) in [5.74, 6) is 0.425. The molecule has 0 fully saturated rings. The van der Waals surface area contributed by atoms with Crippen LogP contribution in [0.1, 0.15) is 5.56 Å². The molecule has 7 nitrogen and oxygen atoms in total. The molecule has 0 saturated heterocycles. The van der Waals surface area contributed by atoms with Gasteiger partial charge >= 0.3 is 5.69 Å². The fourth-order valence-electron chi connectivity index (χ4n) is 3.40. The zero-order valence-corrected chi connectivity index (χ0v) is 15.1. The van der Waals surface area contributed by atoms with Gasteiger partial charge in [-0.2, -0.15) is 0 Å². The zero-order chi connectivity index (χ0) is 19.1. The lowest BCUT2D eigenvalue weighted by Crippen LogP contribution is -2.44. The van der Waals surface area contributed by atoms with Crippen LogP contribution in [0.4, 0.5) is 5.69 Å². The average Bonchev–Trinajstić information content (AvgIpc) is 2.69. The van der Waals surface area contributed by atoms with Gasteiger partial charge in [0, 0.05) is 7.05 Å². The molecule has 1 aliphatic heterocycles. The van der Waals surface area contributed by atoms with Gasteiger partial charge in [-0.1, -0.05) is 18.2 Å². The molecular formula is C20H19N3O4. The van der Waals surface area contributed by atoms with Crippen LogP contribution in [0.15, 0.2) is 52.1 Å². The third-order valence-corrected chi connectivity index (χ3v) is 4.82. The molecule has 0 spiro atoms. The molecule has 1 amide bonds. The van der Waals surface area contributed by atoms with Crippen LogP contribution in [0.25, 0.3) is 10.9 Å². The van der Waals surface area contributed by atoms with Crippen molar-refractivity contribution in [3.05, 3.63) is 68.9 Å². The van der Waals surface area contributed by atoms with E-state index in [1.807, 2.05) is 25.1 Å². The fraction of sp³-hybridized carbons (Fsp3) is 0.250. The lowest BCUT2D eigenvalue weighted by atomic mass is 10.1. The van der Waals surface area contributed by atoms with Crippen LogP contribution < -0.4 is 20.9 Å². The highest BCUT2D eigenvalue weighted by Gasteiger charge is 2.25. The quantitative estimate of drug-likeness (QED) is 0.689. The molecule has 7 heteroatoms. The molecule has 0 atom stereocenters. The SMILES string of the molecule is Cc1ccc2c(c1)N(C(=O)Cn1c(=O)n(C)c(=O)c3ccccc31)CCO2. The van der Waals surface area contributed by atoms with E-state index in [-0.39, 0.29) is 18.0 Å². The number of hydrogen-bond donors (Lipinski definition) is 0. The summed E-state index contributed by atoms with van der Waals surface area (Å²) in [7, 11) is 1.42. The first-order chi connectivity index (χ1) is 13.0. The van der Waals surface area contributed by atoms with Crippen molar-refractivity contribution in [1.29, 1.82) is 0 Å². The van der Waals surface area contributed by atoms with Gasteiger partial charge in [0.1, 0.15) is 18.9 Å². The normalized spacial score (nSPS) is 13.3. The molecule has 138 valence electrons. The summed E-state index contributed by atoms with van der Waals surface area (Å²) in [5, 5.41) is 0.408. The lowest BCUT2D eigenvalue weighted by Gasteiger charge is -2.30. The molecule has 1 aromatic heterocycles. The molecule has 2 heterocycles. The Morgan fingerprint density at radius 1 is 1.15 bits per heavy atom. The summed E-state index contributed by atoms with van der Waals surface area (Å²) < 4.78 is 8.02. The van der Waals surface area contributed by atoms with Gasteiger partial charge in [0.25, 0.3) is 5.56 Å². The number of benzene rings is 2. The number of aromatic nitrogens is 2. The van der Waals surface area contributed by atoms with E-state index < -0.39 is 5.69 Å². The van der Waals surface area contributed by atoms with E-state index in [2.05, 4.69) is 0 Å². The number of para-hydroxylation sites is 1. The topological polar surface area (TPSA) is 73.5 Å². The van der Waals surface area contributed by atoms with E-state index in [9.17, 15) is 14.4 Å². The van der Waals surface area contributed by atoms with Crippen molar-refractivity contribution >= 4 is 22.5 Å². The Balaban J connectivity index is 1.79. The van der Waals surface area contributed by atoms with Crippen molar-refractivity contribution in [2.75, 3.05) is 18.1 Å². The third-order valence-electron chi connectivity index (χ3n) is 4.82. The van der Waals surface area contributed by atoms with Crippen molar-refractivity contribution in [3.63, 3.8) is 0 Å². The van der Waals surface area contributed by atoms with Gasteiger partial charge in [-0.05, 0) is 36.8 Å². The van der Waals surface area contributed by atoms with Gasteiger partial charge in [0.05, 0.1) is 23.1 Å². The highest BCUT2D eigenvalue weighted by atomic mass is 16.5. The second-order valence-electron chi connectivity index (χ2n) is 6.62. The summed E-state index contributed by atoms with van der Waals surface area (Å²) in [5.41, 5.74) is 1.29. The Labute approximate surface area is 155 Å². The molecule has 0 unspecified atom stereocenters. The molecule has 0 radical (unpaired) electrons. The Morgan fingerprint density at radius 3 is 2.74 bits per heavy atom. The first-order valence-corrected chi connectivity index (χ1v) is 8.70. The van der Waals surface area contributed by atoms with E-state index in [0.29, 0.717) is 35.5 Å². The van der Waals surface area contributed by atoms with Crippen LogP contribution in [-0.2, 0) is 18.4 Å². The summed E-state index contributed by atoms with van der Waals surface area (Å²) in [6.45, 7) is 2.60. The standard InChI is InChI=1S/C20H19N3O4/c1-13-7-8-17-16(11-13)22(9-10-27-17)18(24)12-23-15-6-4-3-5-14(15)19(25)21(2)20(23)26/h3-8,11H,9-10,12H2,1-2H3. The number of ether oxygens (including phenoxy) is 1. The van der Waals surface area contributed by atoms with E-state index in [4.69, 9.17) is 4.74 Å². The first-order valence-electron chi connectivity index (χ1n) is 8.70. The van der Waals surface area contributed by atoms with Crippen LogP contribution >= 0.6 is 0 Å². The average molecular weight is 365 g/mol. The van der Waals surface area contributed by atoms with E-state index in [1.54, 1.807) is 29.2 Å². The molecular weight excluding hydrogens is 346 g/mol. The Hall–Kier alpha value is -3.35. The van der Waals surface area contributed by atoms with Crippen molar-refractivity contribution in [3.8, 4) is 5.75 Å². The van der Waals surface area contributed by atoms with Gasteiger partial charge in [-0.25, -0.2) is 4.79 Å². The summed E-state index contributed by atoms with van der Waals surface area (Å²) in [6.07, 6.45) is 0. The molecule has 27 heavy (non-hydrogen) atoms. The van der Waals surface area contributed by atoms with Gasteiger partial charge in [0.2, 0.25) is 5.91 Å². The zero-order valence-electron chi connectivity index (χ0n) is 15.1. The van der Waals surface area contributed by atoms with Crippen LogP contribution in [0, 0.1) is 6.92 Å². The molecule has 2 aromatic carbocycles. The Morgan fingerprint density at radius 2 is 1.93 bits per heavy atom. The molecule has 3 aromatic rings. The maximum atomic E-state index is 13.1. The second-order valence-corrected chi connectivity index (χ2v) is 6.62. The largest absolute Gasteiger partial charge is 0.490 e. The highest BCUT2D eigenvalue weighted by molar-refractivity contribution is 5.96. The monoisotopic (exact) mass is 365 g/mol. The maximum Gasteiger partial charge on any atom is 0.331 e.